The van der Waals surface area contributed by atoms with Crippen LogP contribution in [0.1, 0.15) is 17.3 Å². The summed E-state index contributed by atoms with van der Waals surface area (Å²) in [6, 6.07) is 5.08. The molecular weight excluding hydrogens is 260 g/mol. The van der Waals surface area contributed by atoms with Crippen molar-refractivity contribution in [2.45, 2.75) is 6.92 Å². The monoisotopic (exact) mass is 278 g/mol. The van der Waals surface area contributed by atoms with Gasteiger partial charge in [-0.25, -0.2) is 0 Å². The molecule has 0 spiro atoms. The maximum atomic E-state index is 12.0. The largest absolute Gasteiger partial charge is 0.482 e. The minimum Gasteiger partial charge on any atom is -0.482 e. The number of aliphatic hydroxyl groups excluding tert-OH is 1. The van der Waals surface area contributed by atoms with E-state index in [0.29, 0.717) is 30.1 Å². The Morgan fingerprint density at radius 1 is 1.50 bits per heavy atom. The Kier molecular flexibility index (Phi) is 4.70. The number of likely N-dealkylation sites (N-methyl/N-ethyl adjacent to an activating group) is 1. The van der Waals surface area contributed by atoms with E-state index < -0.39 is 0 Å². The number of ether oxygens (including phenoxy) is 1. The van der Waals surface area contributed by atoms with Gasteiger partial charge in [0.15, 0.2) is 12.4 Å². The number of nitrogens with zero attached hydrogens (tertiary/aromatic N) is 1. The molecule has 0 unspecified atom stereocenters. The van der Waals surface area contributed by atoms with Gasteiger partial charge in [-0.05, 0) is 25.1 Å². The number of amides is 1. The van der Waals surface area contributed by atoms with Crippen molar-refractivity contribution in [3.8, 4) is 5.75 Å². The summed E-state index contributed by atoms with van der Waals surface area (Å²) in [6.45, 7) is 2.97. The quantitative estimate of drug-likeness (QED) is 0.574. The Morgan fingerprint density at radius 2 is 2.30 bits per heavy atom. The van der Waals surface area contributed by atoms with Gasteiger partial charge in [-0.1, -0.05) is 0 Å². The summed E-state index contributed by atoms with van der Waals surface area (Å²) in [5, 5.41) is 11.5. The second-order valence-corrected chi connectivity index (χ2v) is 4.43. The second-order valence-electron chi connectivity index (χ2n) is 4.43. The van der Waals surface area contributed by atoms with E-state index in [-0.39, 0.29) is 31.4 Å². The van der Waals surface area contributed by atoms with E-state index in [0.717, 1.165) is 0 Å². The Bertz CT molecular complexity index is 516. The van der Waals surface area contributed by atoms with Crippen LogP contribution >= 0.6 is 0 Å². The van der Waals surface area contributed by atoms with Crippen LogP contribution < -0.4 is 15.0 Å². The Hall–Kier alpha value is -1.92. The number of Topliss-reactive ketones (excluding diaryl/α,β-unsaturated/α-hetero) is 1. The molecule has 1 aliphatic heterocycles. The molecular formula is C14H18N2O4. The molecule has 108 valence electrons. The van der Waals surface area contributed by atoms with E-state index in [9.17, 15) is 9.59 Å². The first-order valence-electron chi connectivity index (χ1n) is 6.59. The van der Waals surface area contributed by atoms with Gasteiger partial charge < -0.3 is 20.1 Å². The number of hydrogen-bond donors (Lipinski definition) is 2. The molecule has 0 radical (unpaired) electrons. The van der Waals surface area contributed by atoms with Gasteiger partial charge in [0.2, 0.25) is 0 Å². The smallest absolute Gasteiger partial charge is 0.265 e. The molecule has 6 heteroatoms. The number of ketones is 1. The first kappa shape index (κ1) is 14.5. The van der Waals surface area contributed by atoms with Gasteiger partial charge in [0.1, 0.15) is 5.75 Å². The maximum Gasteiger partial charge on any atom is 0.265 e. The van der Waals surface area contributed by atoms with Crippen LogP contribution in [-0.4, -0.2) is 49.6 Å². The molecule has 0 aromatic heterocycles. The van der Waals surface area contributed by atoms with Crippen molar-refractivity contribution in [1.82, 2.24) is 5.32 Å². The van der Waals surface area contributed by atoms with E-state index in [4.69, 9.17) is 9.84 Å². The van der Waals surface area contributed by atoms with Crippen molar-refractivity contribution in [3.05, 3.63) is 23.8 Å². The first-order chi connectivity index (χ1) is 9.67. The van der Waals surface area contributed by atoms with Crippen molar-refractivity contribution in [2.24, 2.45) is 0 Å². The molecule has 0 saturated carbocycles. The number of rotatable bonds is 6. The summed E-state index contributed by atoms with van der Waals surface area (Å²) in [4.78, 5) is 25.4. The van der Waals surface area contributed by atoms with Gasteiger partial charge in [0.05, 0.1) is 18.8 Å². The van der Waals surface area contributed by atoms with Crippen LogP contribution in [-0.2, 0) is 4.79 Å². The lowest BCUT2D eigenvalue weighted by atomic mass is 10.1. The summed E-state index contributed by atoms with van der Waals surface area (Å²) in [5.41, 5.74) is 1.16. The summed E-state index contributed by atoms with van der Waals surface area (Å²) < 4.78 is 5.35. The molecule has 1 aromatic rings. The van der Waals surface area contributed by atoms with Crippen LogP contribution in [0.15, 0.2) is 18.2 Å². The van der Waals surface area contributed by atoms with Gasteiger partial charge in [-0.2, -0.15) is 0 Å². The lowest BCUT2D eigenvalue weighted by Crippen LogP contribution is -2.38. The van der Waals surface area contributed by atoms with Crippen LogP contribution in [0.4, 0.5) is 5.69 Å². The fraction of sp³-hybridized carbons (Fsp3) is 0.429. The van der Waals surface area contributed by atoms with Gasteiger partial charge >= 0.3 is 0 Å². The molecule has 20 heavy (non-hydrogen) atoms. The van der Waals surface area contributed by atoms with Crippen LogP contribution in [0, 0.1) is 0 Å². The van der Waals surface area contributed by atoms with Crippen LogP contribution in [0.5, 0.6) is 5.75 Å². The van der Waals surface area contributed by atoms with Crippen molar-refractivity contribution < 1.29 is 19.4 Å². The zero-order valence-corrected chi connectivity index (χ0v) is 11.4. The normalized spacial score (nSPS) is 13.9. The van der Waals surface area contributed by atoms with Crippen molar-refractivity contribution in [2.75, 3.05) is 37.7 Å². The van der Waals surface area contributed by atoms with Gasteiger partial charge in [-0.15, -0.1) is 0 Å². The zero-order chi connectivity index (χ0) is 14.5. The van der Waals surface area contributed by atoms with Gasteiger partial charge in [-0.3, -0.25) is 9.59 Å². The molecule has 2 N–H and O–H groups in total. The van der Waals surface area contributed by atoms with Crippen LogP contribution in [0.3, 0.4) is 0 Å². The molecule has 0 aliphatic carbocycles. The predicted molar refractivity (Wildman–Crippen MR) is 74.3 cm³/mol. The van der Waals surface area contributed by atoms with Crippen LogP contribution in [0.2, 0.25) is 0 Å². The van der Waals surface area contributed by atoms with E-state index in [2.05, 4.69) is 5.32 Å². The fourth-order valence-corrected chi connectivity index (χ4v) is 2.11. The Balaban J connectivity index is 2.19. The number of nitrogens with one attached hydrogen (secondary N) is 1. The molecule has 1 aromatic carbocycles. The third kappa shape index (κ3) is 2.97. The number of fused-ring (bicyclic) bond motifs is 1. The predicted octanol–water partition coefficient (Wildman–Crippen LogP) is 0.197. The molecule has 1 amide bonds. The fourth-order valence-electron chi connectivity index (χ4n) is 2.11. The zero-order valence-electron chi connectivity index (χ0n) is 11.4. The van der Waals surface area contributed by atoms with E-state index in [1.807, 2.05) is 6.92 Å². The third-order valence-electron chi connectivity index (χ3n) is 3.11. The summed E-state index contributed by atoms with van der Waals surface area (Å²) >= 11 is 0. The molecule has 1 aliphatic rings. The topological polar surface area (TPSA) is 78.9 Å². The number of hydrogen-bond acceptors (Lipinski definition) is 5. The molecule has 1 heterocycles. The average Bonchev–Trinajstić information content (AvgIpc) is 2.46. The molecule has 0 saturated heterocycles. The minimum absolute atomic E-state index is 0.0105. The Labute approximate surface area is 117 Å². The van der Waals surface area contributed by atoms with Crippen molar-refractivity contribution in [1.29, 1.82) is 0 Å². The van der Waals surface area contributed by atoms with Crippen molar-refractivity contribution >= 4 is 17.4 Å². The average molecular weight is 278 g/mol. The SMILES string of the molecule is CCN1C(=O)COc2ccc(C(=O)CNCCO)cc21. The second kappa shape index (κ2) is 6.49. The van der Waals surface area contributed by atoms with E-state index in [1.165, 1.54) is 0 Å². The van der Waals surface area contributed by atoms with Gasteiger partial charge in [0, 0.05) is 18.7 Å². The highest BCUT2D eigenvalue weighted by atomic mass is 16.5. The van der Waals surface area contributed by atoms with Gasteiger partial charge in [0.25, 0.3) is 5.91 Å². The molecule has 0 atom stereocenters. The number of benzene rings is 1. The first-order valence-corrected chi connectivity index (χ1v) is 6.59. The third-order valence-corrected chi connectivity index (χ3v) is 3.11. The highest BCUT2D eigenvalue weighted by Gasteiger charge is 2.25. The highest BCUT2D eigenvalue weighted by molar-refractivity contribution is 6.02. The van der Waals surface area contributed by atoms with E-state index in [1.54, 1.807) is 23.1 Å². The molecule has 6 nitrogen and oxygen atoms in total. The van der Waals surface area contributed by atoms with Crippen molar-refractivity contribution in [3.63, 3.8) is 0 Å². The molecule has 0 bridgehead atoms. The maximum absolute atomic E-state index is 12.0. The molecule has 0 fully saturated rings. The minimum atomic E-state index is -0.108. The summed E-state index contributed by atoms with van der Waals surface area (Å²) in [5.74, 6) is 0.421. The number of aliphatic hydroxyl groups is 1. The van der Waals surface area contributed by atoms with E-state index >= 15 is 0 Å². The number of carbonyl (C=O) groups is 2. The Morgan fingerprint density at radius 3 is 3.00 bits per heavy atom. The number of carbonyl (C=O) groups excluding carboxylic acids is 2. The summed E-state index contributed by atoms with van der Waals surface area (Å²) in [6.07, 6.45) is 0. The van der Waals surface area contributed by atoms with Crippen LogP contribution in [0.25, 0.3) is 0 Å². The lowest BCUT2D eigenvalue weighted by molar-refractivity contribution is -0.121. The lowest BCUT2D eigenvalue weighted by Gasteiger charge is -2.28. The summed E-state index contributed by atoms with van der Waals surface area (Å²) in [7, 11) is 0. The highest BCUT2D eigenvalue weighted by Crippen LogP contribution is 2.32. The standard InChI is InChI=1S/C14H18N2O4/c1-2-16-11-7-10(12(18)8-15-5-6-17)3-4-13(11)20-9-14(16)19/h3-4,7,15,17H,2,5-6,8-9H2,1H3. The molecule has 2 rings (SSSR count). The number of anilines is 1.